The van der Waals surface area contributed by atoms with Crippen LogP contribution in [0.1, 0.15) is 19.8 Å². The molecule has 1 atom stereocenters. The Morgan fingerprint density at radius 2 is 1.92 bits per heavy atom. The molecule has 1 saturated heterocycles. The SMILES string of the molecule is C[C@H](N)CN1CCC(N(C)C)CC1. The van der Waals surface area contributed by atoms with E-state index in [2.05, 4.69) is 30.8 Å². The van der Waals surface area contributed by atoms with Crippen LogP contribution in [0.5, 0.6) is 0 Å². The van der Waals surface area contributed by atoms with Crippen molar-refractivity contribution >= 4 is 0 Å². The van der Waals surface area contributed by atoms with Gasteiger partial charge in [-0.2, -0.15) is 0 Å². The van der Waals surface area contributed by atoms with Crippen LogP contribution in [0.2, 0.25) is 0 Å². The highest BCUT2D eigenvalue weighted by molar-refractivity contribution is 4.78. The highest BCUT2D eigenvalue weighted by Crippen LogP contribution is 2.13. The second kappa shape index (κ2) is 4.94. The molecule has 3 nitrogen and oxygen atoms in total. The van der Waals surface area contributed by atoms with E-state index in [1.165, 1.54) is 25.9 Å². The lowest BCUT2D eigenvalue weighted by Gasteiger charge is -2.35. The molecule has 0 saturated carbocycles. The Balaban J connectivity index is 2.22. The van der Waals surface area contributed by atoms with E-state index in [0.29, 0.717) is 6.04 Å². The summed E-state index contributed by atoms with van der Waals surface area (Å²) in [6, 6.07) is 1.10. The first-order chi connectivity index (χ1) is 6.09. The van der Waals surface area contributed by atoms with Gasteiger partial charge in [0.05, 0.1) is 0 Å². The maximum atomic E-state index is 5.77. The molecule has 1 aliphatic rings. The highest BCUT2D eigenvalue weighted by atomic mass is 15.2. The quantitative estimate of drug-likeness (QED) is 0.689. The van der Waals surface area contributed by atoms with Gasteiger partial charge in [-0.1, -0.05) is 0 Å². The Kier molecular flexibility index (Phi) is 4.16. The van der Waals surface area contributed by atoms with Crippen molar-refractivity contribution in [3.63, 3.8) is 0 Å². The Hall–Kier alpha value is -0.120. The fraction of sp³-hybridized carbons (Fsp3) is 1.00. The number of nitrogens with zero attached hydrogens (tertiary/aromatic N) is 2. The van der Waals surface area contributed by atoms with Crippen LogP contribution >= 0.6 is 0 Å². The van der Waals surface area contributed by atoms with Crippen LogP contribution in [-0.2, 0) is 0 Å². The van der Waals surface area contributed by atoms with Gasteiger partial charge in [0.15, 0.2) is 0 Å². The largest absolute Gasteiger partial charge is 0.327 e. The van der Waals surface area contributed by atoms with Gasteiger partial charge in [-0.25, -0.2) is 0 Å². The van der Waals surface area contributed by atoms with Crippen molar-refractivity contribution in [2.45, 2.75) is 31.8 Å². The zero-order chi connectivity index (χ0) is 9.84. The summed E-state index contributed by atoms with van der Waals surface area (Å²) >= 11 is 0. The average molecular weight is 185 g/mol. The molecule has 13 heavy (non-hydrogen) atoms. The van der Waals surface area contributed by atoms with Crippen LogP contribution in [-0.4, -0.2) is 55.6 Å². The number of hydrogen-bond acceptors (Lipinski definition) is 3. The molecule has 2 N–H and O–H groups in total. The standard InChI is InChI=1S/C10H23N3/c1-9(11)8-13-6-4-10(5-7-13)12(2)3/h9-10H,4-8,11H2,1-3H3/t9-/m0/s1. The molecule has 0 unspecified atom stereocenters. The monoisotopic (exact) mass is 185 g/mol. The average Bonchev–Trinajstić information content (AvgIpc) is 2.04. The van der Waals surface area contributed by atoms with E-state index in [1.807, 2.05) is 0 Å². The van der Waals surface area contributed by atoms with Gasteiger partial charge in [-0.3, -0.25) is 0 Å². The van der Waals surface area contributed by atoms with Crippen molar-refractivity contribution in [3.8, 4) is 0 Å². The van der Waals surface area contributed by atoms with Crippen LogP contribution in [0.15, 0.2) is 0 Å². The molecule has 0 aromatic heterocycles. The molecule has 78 valence electrons. The molecule has 1 fully saturated rings. The zero-order valence-corrected chi connectivity index (χ0v) is 9.16. The smallest absolute Gasteiger partial charge is 0.0139 e. The summed E-state index contributed by atoms with van der Waals surface area (Å²) in [6.45, 7) is 5.56. The third kappa shape index (κ3) is 3.63. The van der Waals surface area contributed by atoms with Crippen molar-refractivity contribution in [2.75, 3.05) is 33.7 Å². The van der Waals surface area contributed by atoms with E-state index < -0.39 is 0 Å². The van der Waals surface area contributed by atoms with Crippen LogP contribution in [0.4, 0.5) is 0 Å². The predicted molar refractivity (Wildman–Crippen MR) is 56.8 cm³/mol. The summed E-state index contributed by atoms with van der Waals surface area (Å²) in [7, 11) is 4.35. The Morgan fingerprint density at radius 1 is 1.38 bits per heavy atom. The van der Waals surface area contributed by atoms with Gasteiger partial charge < -0.3 is 15.5 Å². The first kappa shape index (κ1) is 11.0. The van der Waals surface area contributed by atoms with E-state index in [4.69, 9.17) is 5.73 Å². The molecule has 0 aromatic rings. The summed E-state index contributed by atoms with van der Waals surface area (Å²) in [5, 5.41) is 0. The molecule has 3 heteroatoms. The molecular weight excluding hydrogens is 162 g/mol. The summed E-state index contributed by atoms with van der Waals surface area (Å²) in [6.07, 6.45) is 2.58. The van der Waals surface area contributed by atoms with E-state index in [0.717, 1.165) is 12.6 Å². The third-order valence-electron chi connectivity index (χ3n) is 2.83. The second-order valence-electron chi connectivity index (χ2n) is 4.47. The van der Waals surface area contributed by atoms with Crippen molar-refractivity contribution in [1.82, 2.24) is 9.80 Å². The molecule has 1 heterocycles. The Morgan fingerprint density at radius 3 is 2.31 bits per heavy atom. The number of piperidine rings is 1. The maximum absolute atomic E-state index is 5.77. The number of likely N-dealkylation sites (tertiary alicyclic amines) is 1. The van der Waals surface area contributed by atoms with Gasteiger partial charge in [0.2, 0.25) is 0 Å². The van der Waals surface area contributed by atoms with E-state index in [-0.39, 0.29) is 0 Å². The second-order valence-corrected chi connectivity index (χ2v) is 4.47. The fourth-order valence-electron chi connectivity index (χ4n) is 2.03. The van der Waals surface area contributed by atoms with Crippen molar-refractivity contribution in [1.29, 1.82) is 0 Å². The molecule has 1 rings (SSSR count). The normalized spacial score (nSPS) is 23.8. The van der Waals surface area contributed by atoms with E-state index in [9.17, 15) is 0 Å². The minimum absolute atomic E-state index is 0.316. The van der Waals surface area contributed by atoms with Gasteiger partial charge in [0.25, 0.3) is 0 Å². The Bertz CT molecular complexity index is 137. The lowest BCUT2D eigenvalue weighted by atomic mass is 10.0. The summed E-state index contributed by atoms with van der Waals surface area (Å²) < 4.78 is 0. The number of nitrogens with two attached hydrogens (primary N) is 1. The van der Waals surface area contributed by atoms with E-state index in [1.54, 1.807) is 0 Å². The maximum Gasteiger partial charge on any atom is 0.0139 e. The first-order valence-corrected chi connectivity index (χ1v) is 5.24. The predicted octanol–water partition coefficient (Wildman–Crippen LogP) is 0.360. The minimum atomic E-state index is 0.316. The summed E-state index contributed by atoms with van der Waals surface area (Å²) in [5.41, 5.74) is 5.77. The van der Waals surface area contributed by atoms with E-state index >= 15 is 0 Å². The van der Waals surface area contributed by atoms with Gasteiger partial charge in [0.1, 0.15) is 0 Å². The fourth-order valence-corrected chi connectivity index (χ4v) is 2.03. The van der Waals surface area contributed by atoms with Gasteiger partial charge in [-0.15, -0.1) is 0 Å². The number of rotatable bonds is 3. The summed E-state index contributed by atoms with van der Waals surface area (Å²) in [5.74, 6) is 0. The zero-order valence-electron chi connectivity index (χ0n) is 9.16. The van der Waals surface area contributed by atoms with Gasteiger partial charge in [0, 0.05) is 18.6 Å². The Labute approximate surface area is 81.9 Å². The van der Waals surface area contributed by atoms with Gasteiger partial charge in [-0.05, 0) is 47.0 Å². The van der Waals surface area contributed by atoms with Crippen molar-refractivity contribution in [3.05, 3.63) is 0 Å². The molecule has 1 aliphatic heterocycles. The third-order valence-corrected chi connectivity index (χ3v) is 2.83. The summed E-state index contributed by atoms with van der Waals surface area (Å²) in [4.78, 5) is 4.81. The molecule has 0 amide bonds. The van der Waals surface area contributed by atoms with Gasteiger partial charge >= 0.3 is 0 Å². The topological polar surface area (TPSA) is 32.5 Å². The van der Waals surface area contributed by atoms with Crippen LogP contribution in [0, 0.1) is 0 Å². The molecule has 0 aliphatic carbocycles. The van der Waals surface area contributed by atoms with Crippen LogP contribution in [0.25, 0.3) is 0 Å². The highest BCUT2D eigenvalue weighted by Gasteiger charge is 2.20. The molecule has 0 aromatic carbocycles. The molecule has 0 bridgehead atoms. The molecular formula is C10H23N3. The molecule has 0 spiro atoms. The number of hydrogen-bond donors (Lipinski definition) is 1. The van der Waals surface area contributed by atoms with Crippen LogP contribution < -0.4 is 5.73 Å². The van der Waals surface area contributed by atoms with Crippen LogP contribution in [0.3, 0.4) is 0 Å². The lowest BCUT2D eigenvalue weighted by molar-refractivity contribution is 0.141. The van der Waals surface area contributed by atoms with Crippen molar-refractivity contribution < 1.29 is 0 Å². The van der Waals surface area contributed by atoms with Crippen molar-refractivity contribution in [2.24, 2.45) is 5.73 Å². The first-order valence-electron chi connectivity index (χ1n) is 5.24. The lowest BCUT2D eigenvalue weighted by Crippen LogP contribution is -2.45. The molecule has 0 radical (unpaired) electrons. The minimum Gasteiger partial charge on any atom is -0.327 e.